The minimum Gasteiger partial charge on any atom is -0.343 e. The maximum Gasteiger partial charge on any atom is 0.244 e. The predicted octanol–water partition coefficient (Wildman–Crippen LogP) is 2.46. The molecule has 6 nitrogen and oxygen atoms in total. The molecule has 2 amide bonds. The first-order valence-corrected chi connectivity index (χ1v) is 7.76. The van der Waals surface area contributed by atoms with Crippen molar-refractivity contribution < 1.29 is 9.59 Å². The van der Waals surface area contributed by atoms with E-state index in [1.54, 1.807) is 36.0 Å². The van der Waals surface area contributed by atoms with Gasteiger partial charge in [-0.1, -0.05) is 23.7 Å². The lowest BCUT2D eigenvalue weighted by atomic mass is 10.2. The van der Waals surface area contributed by atoms with Crippen LogP contribution in [0.2, 0.25) is 5.02 Å². The Hall–Kier alpha value is -2.60. The smallest absolute Gasteiger partial charge is 0.244 e. The maximum atomic E-state index is 11.9. The fraction of sp³-hybridized carbons (Fsp3) is 0.235. The Morgan fingerprint density at radius 1 is 1.33 bits per heavy atom. The molecule has 0 saturated heterocycles. The summed E-state index contributed by atoms with van der Waals surface area (Å²) in [6.45, 7) is 3.56. The third-order valence-corrected chi connectivity index (χ3v) is 3.71. The summed E-state index contributed by atoms with van der Waals surface area (Å²) in [6.07, 6.45) is 2.99. The topological polar surface area (TPSA) is 76.0 Å². The Morgan fingerprint density at radius 2 is 2.08 bits per heavy atom. The number of carbonyl (C=O) groups excluding carboxylic acids is 2. The molecule has 0 radical (unpaired) electrons. The quantitative estimate of drug-likeness (QED) is 0.816. The number of carbonyl (C=O) groups is 2. The highest BCUT2D eigenvalue weighted by atomic mass is 35.5. The van der Waals surface area contributed by atoms with Gasteiger partial charge < -0.3 is 10.6 Å². The number of hydrogen-bond donors (Lipinski definition) is 2. The molecule has 1 aromatic carbocycles. The molecule has 0 atom stereocenters. The standard InChI is InChI=1S/C17H19ClN4O2/c1-11-17(12(2)22(3)21-11)20-16(24)10-19-15(23)8-7-13-5-4-6-14(18)9-13/h4-9H,10H2,1-3H3,(H,19,23)(H,20,24)/b8-7+. The normalized spacial score (nSPS) is 10.8. The molecule has 1 aromatic heterocycles. The van der Waals surface area contributed by atoms with Gasteiger partial charge in [0.2, 0.25) is 11.8 Å². The molecule has 2 N–H and O–H groups in total. The minimum absolute atomic E-state index is 0.119. The molecule has 2 rings (SSSR count). The van der Waals surface area contributed by atoms with E-state index in [1.807, 2.05) is 19.9 Å². The average Bonchev–Trinajstić information content (AvgIpc) is 2.77. The van der Waals surface area contributed by atoms with Crippen molar-refractivity contribution in [2.24, 2.45) is 7.05 Å². The maximum absolute atomic E-state index is 11.9. The van der Waals surface area contributed by atoms with Gasteiger partial charge in [0.15, 0.2) is 0 Å². The second kappa shape index (κ2) is 7.79. The zero-order chi connectivity index (χ0) is 17.7. The highest BCUT2D eigenvalue weighted by molar-refractivity contribution is 6.30. The number of benzene rings is 1. The van der Waals surface area contributed by atoms with E-state index in [-0.39, 0.29) is 18.4 Å². The van der Waals surface area contributed by atoms with Crippen LogP contribution in [0.25, 0.3) is 6.08 Å². The molecule has 0 fully saturated rings. The predicted molar refractivity (Wildman–Crippen MR) is 94.8 cm³/mol. The molecule has 0 unspecified atom stereocenters. The molecule has 0 aliphatic carbocycles. The Balaban J connectivity index is 1.86. The van der Waals surface area contributed by atoms with Crippen LogP contribution in [0.5, 0.6) is 0 Å². The molecule has 126 valence electrons. The van der Waals surface area contributed by atoms with Crippen LogP contribution in [0.1, 0.15) is 17.0 Å². The lowest BCUT2D eigenvalue weighted by Gasteiger charge is -2.06. The van der Waals surface area contributed by atoms with Crippen molar-refractivity contribution in [3.8, 4) is 0 Å². The summed E-state index contributed by atoms with van der Waals surface area (Å²) >= 11 is 5.87. The number of aromatic nitrogens is 2. The molecule has 0 bridgehead atoms. The third kappa shape index (κ3) is 4.70. The van der Waals surface area contributed by atoms with Gasteiger partial charge in [-0.3, -0.25) is 14.3 Å². The first-order valence-electron chi connectivity index (χ1n) is 7.38. The molecule has 0 saturated carbocycles. The molecular weight excluding hydrogens is 328 g/mol. The Bertz CT molecular complexity index is 796. The van der Waals surface area contributed by atoms with Crippen molar-refractivity contribution in [3.63, 3.8) is 0 Å². The zero-order valence-corrected chi connectivity index (χ0v) is 14.5. The summed E-state index contributed by atoms with van der Waals surface area (Å²) < 4.78 is 1.69. The largest absolute Gasteiger partial charge is 0.343 e. The molecular formula is C17H19ClN4O2. The van der Waals surface area contributed by atoms with Crippen LogP contribution in [-0.4, -0.2) is 28.1 Å². The number of nitrogens with one attached hydrogen (secondary N) is 2. The highest BCUT2D eigenvalue weighted by Gasteiger charge is 2.12. The van der Waals surface area contributed by atoms with Crippen molar-refractivity contribution in [2.45, 2.75) is 13.8 Å². The monoisotopic (exact) mass is 346 g/mol. The second-order valence-electron chi connectivity index (χ2n) is 5.32. The van der Waals surface area contributed by atoms with Gasteiger partial charge in [0.25, 0.3) is 0 Å². The number of nitrogens with zero attached hydrogens (tertiary/aromatic N) is 2. The molecule has 1 heterocycles. The summed E-state index contributed by atoms with van der Waals surface area (Å²) in [5.41, 5.74) is 3.07. The van der Waals surface area contributed by atoms with Crippen LogP contribution in [0.4, 0.5) is 5.69 Å². The summed E-state index contributed by atoms with van der Waals surface area (Å²) in [7, 11) is 1.81. The molecule has 0 aliphatic rings. The van der Waals surface area contributed by atoms with Gasteiger partial charge in [0, 0.05) is 18.1 Å². The van der Waals surface area contributed by atoms with E-state index >= 15 is 0 Å². The van der Waals surface area contributed by atoms with E-state index in [4.69, 9.17) is 11.6 Å². The Labute approximate surface area is 145 Å². The number of anilines is 1. The van der Waals surface area contributed by atoms with Crippen molar-refractivity contribution in [3.05, 3.63) is 52.3 Å². The molecule has 7 heteroatoms. The highest BCUT2D eigenvalue weighted by Crippen LogP contribution is 2.17. The van der Waals surface area contributed by atoms with Crippen LogP contribution in [0.15, 0.2) is 30.3 Å². The van der Waals surface area contributed by atoms with Gasteiger partial charge in [0.05, 0.1) is 23.6 Å². The fourth-order valence-corrected chi connectivity index (χ4v) is 2.35. The molecule has 24 heavy (non-hydrogen) atoms. The summed E-state index contributed by atoms with van der Waals surface area (Å²) in [5.74, 6) is -0.663. The van der Waals surface area contributed by atoms with E-state index in [0.717, 1.165) is 17.0 Å². The van der Waals surface area contributed by atoms with Crippen molar-refractivity contribution >= 4 is 35.2 Å². The first kappa shape index (κ1) is 17.7. The van der Waals surface area contributed by atoms with Gasteiger partial charge in [-0.15, -0.1) is 0 Å². The lowest BCUT2D eigenvalue weighted by molar-refractivity contribution is -0.121. The van der Waals surface area contributed by atoms with E-state index in [0.29, 0.717) is 10.7 Å². The SMILES string of the molecule is Cc1nn(C)c(C)c1NC(=O)CNC(=O)/C=C/c1cccc(Cl)c1. The third-order valence-electron chi connectivity index (χ3n) is 3.47. The van der Waals surface area contributed by atoms with Gasteiger partial charge in [-0.25, -0.2) is 0 Å². The summed E-state index contributed by atoms with van der Waals surface area (Å²) in [4.78, 5) is 23.7. The van der Waals surface area contributed by atoms with E-state index in [9.17, 15) is 9.59 Å². The molecule has 0 spiro atoms. The van der Waals surface area contributed by atoms with Gasteiger partial charge >= 0.3 is 0 Å². The fourth-order valence-electron chi connectivity index (χ4n) is 2.15. The zero-order valence-electron chi connectivity index (χ0n) is 13.8. The lowest BCUT2D eigenvalue weighted by Crippen LogP contribution is -2.31. The Kier molecular flexibility index (Phi) is 5.76. The van der Waals surface area contributed by atoms with E-state index < -0.39 is 0 Å². The first-order chi connectivity index (χ1) is 11.4. The van der Waals surface area contributed by atoms with Gasteiger partial charge in [-0.2, -0.15) is 5.10 Å². The van der Waals surface area contributed by atoms with Crippen molar-refractivity contribution in [1.29, 1.82) is 0 Å². The van der Waals surface area contributed by atoms with Crippen LogP contribution in [-0.2, 0) is 16.6 Å². The average molecular weight is 347 g/mol. The van der Waals surface area contributed by atoms with Crippen LogP contribution >= 0.6 is 11.6 Å². The van der Waals surface area contributed by atoms with Gasteiger partial charge in [-0.05, 0) is 37.6 Å². The second-order valence-corrected chi connectivity index (χ2v) is 5.76. The van der Waals surface area contributed by atoms with E-state index in [2.05, 4.69) is 15.7 Å². The number of halogens is 1. The van der Waals surface area contributed by atoms with Gasteiger partial charge in [0.1, 0.15) is 0 Å². The summed E-state index contributed by atoms with van der Waals surface area (Å²) in [6, 6.07) is 7.12. The number of aryl methyl sites for hydroxylation is 2. The van der Waals surface area contributed by atoms with Crippen molar-refractivity contribution in [1.82, 2.24) is 15.1 Å². The van der Waals surface area contributed by atoms with Crippen LogP contribution < -0.4 is 10.6 Å². The van der Waals surface area contributed by atoms with E-state index in [1.165, 1.54) is 6.08 Å². The van der Waals surface area contributed by atoms with Crippen LogP contribution in [0, 0.1) is 13.8 Å². The molecule has 0 aliphatic heterocycles. The van der Waals surface area contributed by atoms with Crippen LogP contribution in [0.3, 0.4) is 0 Å². The number of rotatable bonds is 5. The summed E-state index contributed by atoms with van der Waals surface area (Å²) in [5, 5.41) is 10.1. The Morgan fingerprint density at radius 3 is 2.71 bits per heavy atom. The number of amides is 2. The molecule has 2 aromatic rings. The van der Waals surface area contributed by atoms with Crippen molar-refractivity contribution in [2.75, 3.05) is 11.9 Å². The number of hydrogen-bond acceptors (Lipinski definition) is 3. The minimum atomic E-state index is -0.357.